The largest absolute Gasteiger partial charge is 0.490 e. The van der Waals surface area contributed by atoms with Crippen molar-refractivity contribution in [2.75, 3.05) is 14.2 Å². The van der Waals surface area contributed by atoms with Gasteiger partial charge in [-0.1, -0.05) is 6.08 Å². The van der Waals surface area contributed by atoms with Gasteiger partial charge in [0.25, 0.3) is 0 Å². The molecule has 0 bridgehead atoms. The summed E-state index contributed by atoms with van der Waals surface area (Å²) in [5, 5.41) is 11.4. The van der Waals surface area contributed by atoms with Gasteiger partial charge < -0.3 is 9.47 Å². The fourth-order valence-corrected chi connectivity index (χ4v) is 2.41. The molecule has 0 aromatic heterocycles. The van der Waals surface area contributed by atoms with E-state index in [1.54, 1.807) is 6.08 Å². The first kappa shape index (κ1) is 15.7. The number of rotatable bonds is 4. The van der Waals surface area contributed by atoms with Crippen molar-refractivity contribution in [1.82, 2.24) is 0 Å². The molecule has 0 spiro atoms. The zero-order valence-electron chi connectivity index (χ0n) is 12.3. The Hall–Kier alpha value is -2.70. The van der Waals surface area contributed by atoms with Gasteiger partial charge in [0.1, 0.15) is 0 Å². The predicted octanol–water partition coefficient (Wildman–Crippen LogP) is 2.53. The molecule has 0 radical (unpaired) electrons. The summed E-state index contributed by atoms with van der Waals surface area (Å²) in [5.74, 6) is -0.918. The van der Waals surface area contributed by atoms with Crippen molar-refractivity contribution in [1.29, 1.82) is 0 Å². The van der Waals surface area contributed by atoms with E-state index in [-0.39, 0.29) is 33.9 Å². The summed E-state index contributed by atoms with van der Waals surface area (Å²) in [5.41, 5.74) is 0.118. The Morgan fingerprint density at radius 3 is 2.59 bits per heavy atom. The lowest BCUT2D eigenvalue weighted by atomic mass is 9.90. The van der Waals surface area contributed by atoms with Crippen LogP contribution in [0, 0.1) is 10.1 Å². The summed E-state index contributed by atoms with van der Waals surface area (Å²) < 4.78 is 9.66. The van der Waals surface area contributed by atoms with Crippen LogP contribution < -0.4 is 4.74 Å². The second-order valence-electron chi connectivity index (χ2n) is 4.76. The molecule has 1 aliphatic carbocycles. The molecule has 0 N–H and O–H groups in total. The molecule has 1 aliphatic rings. The maximum Gasteiger partial charge on any atom is 0.338 e. The Kier molecular flexibility index (Phi) is 4.55. The molecule has 22 heavy (non-hydrogen) atoms. The highest BCUT2D eigenvalue weighted by Gasteiger charge is 2.29. The number of hydrogen-bond donors (Lipinski definition) is 0. The SMILES string of the molecule is COC(=O)c1cc(OC)c([N+](=O)[O-])c(C2=CCCCC2=O)c1. The molecule has 0 aliphatic heterocycles. The minimum atomic E-state index is -0.654. The van der Waals surface area contributed by atoms with E-state index in [1.807, 2.05) is 0 Å². The van der Waals surface area contributed by atoms with Crippen LogP contribution in [0.3, 0.4) is 0 Å². The molecule has 0 unspecified atom stereocenters. The van der Waals surface area contributed by atoms with E-state index >= 15 is 0 Å². The number of methoxy groups -OCH3 is 2. The van der Waals surface area contributed by atoms with E-state index in [0.29, 0.717) is 19.3 Å². The van der Waals surface area contributed by atoms with Crippen molar-refractivity contribution in [3.8, 4) is 5.75 Å². The third-order valence-electron chi connectivity index (χ3n) is 3.45. The van der Waals surface area contributed by atoms with Gasteiger partial charge in [-0.15, -0.1) is 0 Å². The number of esters is 1. The van der Waals surface area contributed by atoms with E-state index in [1.165, 1.54) is 26.4 Å². The molecule has 0 atom stereocenters. The number of nitrogens with zero attached hydrogens (tertiary/aromatic N) is 1. The van der Waals surface area contributed by atoms with Gasteiger partial charge in [-0.2, -0.15) is 0 Å². The van der Waals surface area contributed by atoms with Gasteiger partial charge in [0, 0.05) is 18.1 Å². The Labute approximate surface area is 126 Å². The fraction of sp³-hybridized carbons (Fsp3) is 0.333. The number of nitro benzene ring substituents is 1. The van der Waals surface area contributed by atoms with E-state index < -0.39 is 10.9 Å². The van der Waals surface area contributed by atoms with Crippen molar-refractivity contribution >= 4 is 23.0 Å². The lowest BCUT2D eigenvalue weighted by Gasteiger charge is -2.14. The summed E-state index contributed by atoms with van der Waals surface area (Å²) in [6.45, 7) is 0. The van der Waals surface area contributed by atoms with Crippen molar-refractivity contribution in [2.24, 2.45) is 0 Å². The number of ketones is 1. The number of carbonyl (C=O) groups is 2. The zero-order chi connectivity index (χ0) is 16.3. The van der Waals surface area contributed by atoms with Crippen LogP contribution in [0.25, 0.3) is 5.57 Å². The normalized spacial score (nSPS) is 14.3. The molecule has 0 saturated carbocycles. The van der Waals surface area contributed by atoms with Gasteiger partial charge in [-0.25, -0.2) is 4.79 Å². The molecule has 7 nitrogen and oxygen atoms in total. The van der Waals surface area contributed by atoms with Crippen molar-refractivity contribution < 1.29 is 24.0 Å². The van der Waals surface area contributed by atoms with Crippen LogP contribution in [0.1, 0.15) is 35.2 Å². The topological polar surface area (TPSA) is 95.7 Å². The smallest absolute Gasteiger partial charge is 0.338 e. The summed E-state index contributed by atoms with van der Waals surface area (Å²) in [6, 6.07) is 2.54. The second-order valence-corrected chi connectivity index (χ2v) is 4.76. The standard InChI is InChI=1S/C15H15NO6/c1-21-13-8-9(15(18)22-2)7-11(14(13)16(19)20)10-5-3-4-6-12(10)17/h5,7-8H,3-4,6H2,1-2H3. The predicted molar refractivity (Wildman–Crippen MR) is 77.8 cm³/mol. The minimum absolute atomic E-state index is 0.0813. The molecule has 0 saturated heterocycles. The number of nitro groups is 1. The summed E-state index contributed by atoms with van der Waals surface area (Å²) in [7, 11) is 2.48. The number of allylic oxidation sites excluding steroid dienone is 2. The first-order valence-corrected chi connectivity index (χ1v) is 6.68. The highest BCUT2D eigenvalue weighted by molar-refractivity contribution is 6.22. The molecule has 7 heteroatoms. The number of ether oxygens (including phenoxy) is 2. The van der Waals surface area contributed by atoms with E-state index in [4.69, 9.17) is 4.74 Å². The second kappa shape index (κ2) is 6.38. The number of benzene rings is 1. The minimum Gasteiger partial charge on any atom is -0.490 e. The summed E-state index contributed by atoms with van der Waals surface area (Å²) in [6.07, 6.45) is 3.36. The van der Waals surface area contributed by atoms with Gasteiger partial charge in [0.05, 0.1) is 30.3 Å². The molecule has 1 aromatic carbocycles. The average Bonchev–Trinajstić information content (AvgIpc) is 2.53. The monoisotopic (exact) mass is 305 g/mol. The fourth-order valence-electron chi connectivity index (χ4n) is 2.41. The first-order chi connectivity index (χ1) is 10.5. The van der Waals surface area contributed by atoms with Crippen LogP contribution in [0.15, 0.2) is 18.2 Å². The van der Waals surface area contributed by atoms with Crippen LogP contribution in [0.5, 0.6) is 5.75 Å². The third kappa shape index (κ3) is 2.83. The summed E-state index contributed by atoms with van der Waals surface area (Å²) >= 11 is 0. The quantitative estimate of drug-likeness (QED) is 0.482. The molecule has 2 rings (SSSR count). The van der Waals surface area contributed by atoms with E-state index in [9.17, 15) is 19.7 Å². The maximum atomic E-state index is 12.1. The van der Waals surface area contributed by atoms with Gasteiger partial charge in [-0.05, 0) is 18.9 Å². The zero-order valence-corrected chi connectivity index (χ0v) is 12.3. The molecule has 0 amide bonds. The number of Topliss-reactive ketones (excluding diaryl/α,β-unsaturated/α-hetero) is 1. The number of hydrogen-bond acceptors (Lipinski definition) is 6. The molecular weight excluding hydrogens is 290 g/mol. The van der Waals surface area contributed by atoms with Crippen molar-refractivity contribution in [2.45, 2.75) is 19.3 Å². The van der Waals surface area contributed by atoms with E-state index in [2.05, 4.69) is 4.74 Å². The molecule has 116 valence electrons. The first-order valence-electron chi connectivity index (χ1n) is 6.68. The molecule has 0 fully saturated rings. The van der Waals surface area contributed by atoms with Crippen LogP contribution in [-0.4, -0.2) is 30.9 Å². The van der Waals surface area contributed by atoms with Gasteiger partial charge >= 0.3 is 11.7 Å². The molecular formula is C15H15NO6. The maximum absolute atomic E-state index is 12.1. The molecule has 1 aromatic rings. The lowest BCUT2D eigenvalue weighted by Crippen LogP contribution is -2.11. The Balaban J connectivity index is 2.72. The van der Waals surface area contributed by atoms with Crippen molar-refractivity contribution in [3.05, 3.63) is 39.4 Å². The van der Waals surface area contributed by atoms with Crippen LogP contribution in [-0.2, 0) is 9.53 Å². The van der Waals surface area contributed by atoms with Crippen molar-refractivity contribution in [3.63, 3.8) is 0 Å². The highest BCUT2D eigenvalue weighted by Crippen LogP contribution is 2.38. The number of carbonyl (C=O) groups excluding carboxylic acids is 2. The van der Waals surface area contributed by atoms with Crippen LogP contribution >= 0.6 is 0 Å². The van der Waals surface area contributed by atoms with Gasteiger partial charge in [0.2, 0.25) is 0 Å². The Bertz CT molecular complexity index is 677. The molecule has 0 heterocycles. The highest BCUT2D eigenvalue weighted by atomic mass is 16.6. The third-order valence-corrected chi connectivity index (χ3v) is 3.45. The Morgan fingerprint density at radius 2 is 2.05 bits per heavy atom. The lowest BCUT2D eigenvalue weighted by molar-refractivity contribution is -0.386. The van der Waals surface area contributed by atoms with E-state index in [0.717, 1.165) is 0 Å². The van der Waals surface area contributed by atoms with Crippen LogP contribution in [0.4, 0.5) is 5.69 Å². The summed E-state index contributed by atoms with van der Waals surface area (Å²) in [4.78, 5) is 34.6. The van der Waals surface area contributed by atoms with Gasteiger partial charge in [-0.3, -0.25) is 14.9 Å². The Morgan fingerprint density at radius 1 is 1.32 bits per heavy atom. The van der Waals surface area contributed by atoms with Gasteiger partial charge in [0.15, 0.2) is 11.5 Å². The van der Waals surface area contributed by atoms with Crippen LogP contribution in [0.2, 0.25) is 0 Å². The average molecular weight is 305 g/mol.